The van der Waals surface area contributed by atoms with Crippen LogP contribution < -0.4 is 16.2 Å². The maximum Gasteiger partial charge on any atom is 0.250 e. The maximum atomic E-state index is 13.4. The van der Waals surface area contributed by atoms with Crippen molar-refractivity contribution in [3.05, 3.63) is 23.5 Å². The summed E-state index contributed by atoms with van der Waals surface area (Å²) >= 11 is 0. The highest BCUT2D eigenvalue weighted by molar-refractivity contribution is 5.98. The van der Waals surface area contributed by atoms with Crippen molar-refractivity contribution in [1.29, 1.82) is 0 Å². The van der Waals surface area contributed by atoms with Crippen molar-refractivity contribution >= 4 is 11.6 Å². The molecule has 0 heterocycles. The van der Waals surface area contributed by atoms with Crippen LogP contribution in [0.3, 0.4) is 0 Å². The molecule has 6 heteroatoms. The number of likely N-dealkylation sites (N-methyl/N-ethyl adjacent to an activating group) is 1. The van der Waals surface area contributed by atoms with E-state index in [1.807, 2.05) is 19.0 Å². The lowest BCUT2D eigenvalue weighted by molar-refractivity contribution is 0.100. The minimum atomic E-state index is -0.708. The number of benzene rings is 1. The van der Waals surface area contributed by atoms with Gasteiger partial charge < -0.3 is 21.1 Å². The Hall–Kier alpha value is -1.82. The molecule has 0 aliphatic heterocycles. The zero-order chi connectivity index (χ0) is 13.0. The number of hydrogen-bond acceptors (Lipinski definition) is 4. The van der Waals surface area contributed by atoms with E-state index in [1.165, 1.54) is 6.07 Å². The van der Waals surface area contributed by atoms with Crippen LogP contribution in [-0.2, 0) is 0 Å². The number of nitrogens with two attached hydrogens (primary N) is 2. The average molecular weight is 241 g/mol. The van der Waals surface area contributed by atoms with Crippen molar-refractivity contribution in [2.45, 2.75) is 0 Å². The van der Waals surface area contributed by atoms with Gasteiger partial charge in [0.05, 0.1) is 5.56 Å². The van der Waals surface area contributed by atoms with Gasteiger partial charge in [-0.15, -0.1) is 0 Å². The van der Waals surface area contributed by atoms with Crippen molar-refractivity contribution in [3.63, 3.8) is 0 Å². The first-order chi connectivity index (χ1) is 7.91. The molecule has 1 aromatic carbocycles. The first-order valence-corrected chi connectivity index (χ1v) is 5.08. The molecular formula is C11H16FN3O2. The van der Waals surface area contributed by atoms with E-state index in [1.54, 1.807) is 0 Å². The Morgan fingerprint density at radius 2 is 2.12 bits per heavy atom. The number of primary amides is 1. The number of halogens is 1. The molecule has 0 unspecified atom stereocenters. The summed E-state index contributed by atoms with van der Waals surface area (Å²) in [5.41, 5.74) is 10.6. The molecule has 5 nitrogen and oxygen atoms in total. The van der Waals surface area contributed by atoms with Crippen LogP contribution in [0.2, 0.25) is 0 Å². The first kappa shape index (κ1) is 13.2. The van der Waals surface area contributed by atoms with Gasteiger partial charge in [0, 0.05) is 18.3 Å². The fraction of sp³-hybridized carbons (Fsp3) is 0.364. The van der Waals surface area contributed by atoms with E-state index in [-0.39, 0.29) is 17.0 Å². The zero-order valence-electron chi connectivity index (χ0n) is 9.87. The second-order valence-electron chi connectivity index (χ2n) is 3.89. The Labute approximate surface area is 99.1 Å². The maximum absolute atomic E-state index is 13.4. The Morgan fingerprint density at radius 1 is 1.47 bits per heavy atom. The summed E-state index contributed by atoms with van der Waals surface area (Å²) in [7, 11) is 3.75. The number of carbonyl (C=O) groups is 1. The quantitative estimate of drug-likeness (QED) is 0.733. The van der Waals surface area contributed by atoms with Crippen molar-refractivity contribution in [2.24, 2.45) is 5.73 Å². The number of amides is 1. The van der Waals surface area contributed by atoms with Gasteiger partial charge in [-0.2, -0.15) is 0 Å². The summed E-state index contributed by atoms with van der Waals surface area (Å²) in [5, 5.41) is 0. The number of ether oxygens (including phenoxy) is 1. The van der Waals surface area contributed by atoms with Gasteiger partial charge in [-0.3, -0.25) is 4.79 Å². The van der Waals surface area contributed by atoms with Crippen LogP contribution in [0.5, 0.6) is 5.75 Å². The van der Waals surface area contributed by atoms with Crippen LogP contribution in [0.1, 0.15) is 10.4 Å². The largest absolute Gasteiger partial charge is 0.489 e. The van der Waals surface area contributed by atoms with Crippen LogP contribution in [0.4, 0.5) is 10.1 Å². The van der Waals surface area contributed by atoms with Crippen LogP contribution in [-0.4, -0.2) is 38.1 Å². The predicted molar refractivity (Wildman–Crippen MR) is 63.4 cm³/mol. The smallest absolute Gasteiger partial charge is 0.250 e. The standard InChI is InChI=1S/C11H16FN3O2/c1-15(2)3-4-17-10-5-7(11(14)16)9(13)6-8(10)12/h5-6H,3-4,13H2,1-2H3,(H2,14,16). The van der Waals surface area contributed by atoms with E-state index >= 15 is 0 Å². The molecule has 0 fully saturated rings. The highest BCUT2D eigenvalue weighted by Gasteiger charge is 2.12. The molecule has 0 saturated carbocycles. The van der Waals surface area contributed by atoms with Crippen molar-refractivity contribution in [1.82, 2.24) is 4.90 Å². The molecule has 0 aliphatic carbocycles. The first-order valence-electron chi connectivity index (χ1n) is 5.08. The van der Waals surface area contributed by atoms with Gasteiger partial charge >= 0.3 is 0 Å². The fourth-order valence-corrected chi connectivity index (χ4v) is 1.23. The fourth-order valence-electron chi connectivity index (χ4n) is 1.23. The second-order valence-corrected chi connectivity index (χ2v) is 3.89. The topological polar surface area (TPSA) is 81.6 Å². The monoisotopic (exact) mass is 241 g/mol. The Morgan fingerprint density at radius 3 is 2.65 bits per heavy atom. The molecule has 0 atom stereocenters. The van der Waals surface area contributed by atoms with Gasteiger partial charge in [-0.05, 0) is 20.2 Å². The molecule has 94 valence electrons. The molecule has 1 aromatic rings. The highest BCUT2D eigenvalue weighted by Crippen LogP contribution is 2.23. The predicted octanol–water partition coefficient (Wildman–Crippen LogP) is 0.447. The van der Waals surface area contributed by atoms with Crippen LogP contribution in [0, 0.1) is 5.82 Å². The van der Waals surface area contributed by atoms with Gasteiger partial charge in [0.2, 0.25) is 0 Å². The lowest BCUT2D eigenvalue weighted by Gasteiger charge is -2.12. The van der Waals surface area contributed by atoms with Gasteiger partial charge in [0.15, 0.2) is 11.6 Å². The minimum Gasteiger partial charge on any atom is -0.489 e. The molecular weight excluding hydrogens is 225 g/mol. The number of anilines is 1. The lowest BCUT2D eigenvalue weighted by atomic mass is 10.1. The molecule has 0 bridgehead atoms. The summed E-state index contributed by atoms with van der Waals surface area (Å²) in [6.07, 6.45) is 0. The van der Waals surface area contributed by atoms with Crippen molar-refractivity contribution < 1.29 is 13.9 Å². The summed E-state index contributed by atoms with van der Waals surface area (Å²) in [6.45, 7) is 0.946. The summed E-state index contributed by atoms with van der Waals surface area (Å²) in [5.74, 6) is -1.33. The molecule has 0 radical (unpaired) electrons. The second kappa shape index (κ2) is 5.49. The number of rotatable bonds is 5. The van der Waals surface area contributed by atoms with E-state index in [0.29, 0.717) is 13.2 Å². The van der Waals surface area contributed by atoms with E-state index in [9.17, 15) is 9.18 Å². The summed E-state index contributed by atoms with van der Waals surface area (Å²) in [6, 6.07) is 2.26. The number of nitrogens with zero attached hydrogens (tertiary/aromatic N) is 1. The third kappa shape index (κ3) is 3.60. The minimum absolute atomic E-state index is 0.00922. The van der Waals surface area contributed by atoms with Gasteiger partial charge in [-0.1, -0.05) is 0 Å². The molecule has 1 rings (SSSR count). The third-order valence-electron chi connectivity index (χ3n) is 2.17. The van der Waals surface area contributed by atoms with E-state index in [0.717, 1.165) is 6.07 Å². The van der Waals surface area contributed by atoms with Crippen LogP contribution in [0.25, 0.3) is 0 Å². The molecule has 0 aromatic heterocycles. The normalized spacial score (nSPS) is 10.6. The molecule has 0 saturated heterocycles. The SMILES string of the molecule is CN(C)CCOc1cc(C(N)=O)c(N)cc1F. The number of hydrogen-bond donors (Lipinski definition) is 2. The van der Waals surface area contributed by atoms with Gasteiger partial charge in [0.25, 0.3) is 5.91 Å². The Bertz CT molecular complexity index is 421. The summed E-state index contributed by atoms with van der Waals surface area (Å²) < 4.78 is 18.7. The Balaban J connectivity index is 2.84. The Kier molecular flexibility index (Phi) is 4.28. The molecule has 17 heavy (non-hydrogen) atoms. The van der Waals surface area contributed by atoms with E-state index < -0.39 is 11.7 Å². The molecule has 0 aliphatic rings. The molecule has 1 amide bonds. The zero-order valence-corrected chi connectivity index (χ0v) is 9.87. The third-order valence-corrected chi connectivity index (χ3v) is 2.17. The van der Waals surface area contributed by atoms with Crippen LogP contribution in [0.15, 0.2) is 12.1 Å². The number of nitrogen functional groups attached to an aromatic ring is 1. The van der Waals surface area contributed by atoms with E-state index in [4.69, 9.17) is 16.2 Å². The highest BCUT2D eigenvalue weighted by atomic mass is 19.1. The molecule has 0 spiro atoms. The van der Waals surface area contributed by atoms with E-state index in [2.05, 4.69) is 0 Å². The lowest BCUT2D eigenvalue weighted by Crippen LogP contribution is -2.20. The van der Waals surface area contributed by atoms with Crippen molar-refractivity contribution in [2.75, 3.05) is 33.0 Å². The average Bonchev–Trinajstić information content (AvgIpc) is 2.20. The molecule has 4 N–H and O–H groups in total. The van der Waals surface area contributed by atoms with Gasteiger partial charge in [-0.25, -0.2) is 4.39 Å². The van der Waals surface area contributed by atoms with Crippen molar-refractivity contribution in [3.8, 4) is 5.75 Å². The number of carbonyl (C=O) groups excluding carboxylic acids is 1. The summed E-state index contributed by atoms with van der Waals surface area (Å²) in [4.78, 5) is 12.9. The van der Waals surface area contributed by atoms with Crippen LogP contribution >= 0.6 is 0 Å². The van der Waals surface area contributed by atoms with Gasteiger partial charge in [0.1, 0.15) is 6.61 Å².